The van der Waals surface area contributed by atoms with Crippen molar-refractivity contribution in [3.8, 4) is 11.1 Å². The molecule has 0 amide bonds. The first-order chi connectivity index (χ1) is 15.4. The fraction of sp³-hybridized carbons (Fsp3) is 0.208. The highest BCUT2D eigenvalue weighted by atomic mass is 19.4. The zero-order valence-electron chi connectivity index (χ0n) is 17.2. The minimum absolute atomic E-state index is 0.244. The van der Waals surface area contributed by atoms with E-state index in [0.717, 1.165) is 17.7 Å². The Bertz CT molecular complexity index is 1220. The number of hydrogen-bond acceptors (Lipinski definition) is 4. The van der Waals surface area contributed by atoms with Gasteiger partial charge < -0.3 is 4.74 Å². The topological polar surface area (TPSA) is 56.5 Å². The third kappa shape index (κ3) is 4.34. The number of aromatic nitrogens is 3. The zero-order valence-corrected chi connectivity index (χ0v) is 17.2. The Kier molecular flexibility index (Phi) is 5.94. The Hall–Kier alpha value is -3.68. The molecular weight excluding hydrogens is 419 g/mol. The van der Waals surface area contributed by atoms with Crippen LogP contribution in [0.4, 0.5) is 13.2 Å². The van der Waals surface area contributed by atoms with E-state index in [-0.39, 0.29) is 12.6 Å². The molecule has 0 aliphatic heterocycles. The fourth-order valence-corrected chi connectivity index (χ4v) is 3.62. The van der Waals surface area contributed by atoms with Crippen molar-refractivity contribution in [2.45, 2.75) is 25.4 Å². The van der Waals surface area contributed by atoms with Crippen LogP contribution in [-0.2, 0) is 22.1 Å². The molecule has 4 aromatic rings. The Morgan fingerprint density at radius 2 is 1.78 bits per heavy atom. The maximum atomic E-state index is 12.9. The Labute approximate surface area is 182 Å². The number of rotatable bonds is 6. The van der Waals surface area contributed by atoms with E-state index in [4.69, 9.17) is 4.74 Å². The van der Waals surface area contributed by atoms with Gasteiger partial charge in [-0.3, -0.25) is 4.79 Å². The van der Waals surface area contributed by atoms with E-state index >= 15 is 0 Å². The summed E-state index contributed by atoms with van der Waals surface area (Å²) in [6.07, 6.45) is -0.889. The molecule has 1 unspecified atom stereocenters. The molecular formula is C24H20F3N3O2. The SMILES string of the molecule is CCOC(=O)C(Cc1ccccc1)c1ccnc2c(-c3ccc(C(F)(F)F)cc3)cnn12. The van der Waals surface area contributed by atoms with Crippen molar-refractivity contribution in [2.75, 3.05) is 6.61 Å². The van der Waals surface area contributed by atoms with E-state index in [1.54, 1.807) is 29.9 Å². The number of hydrogen-bond donors (Lipinski definition) is 0. The highest BCUT2D eigenvalue weighted by Crippen LogP contribution is 2.32. The minimum atomic E-state index is -4.41. The van der Waals surface area contributed by atoms with Crippen molar-refractivity contribution >= 4 is 11.6 Å². The number of ether oxygens (including phenoxy) is 1. The van der Waals surface area contributed by atoms with Crippen LogP contribution in [0.2, 0.25) is 0 Å². The van der Waals surface area contributed by atoms with E-state index in [1.807, 2.05) is 30.3 Å². The molecule has 8 heteroatoms. The van der Waals surface area contributed by atoms with Crippen LogP contribution in [0, 0.1) is 0 Å². The Morgan fingerprint density at radius 1 is 1.06 bits per heavy atom. The molecule has 0 aliphatic carbocycles. The van der Waals surface area contributed by atoms with Crippen molar-refractivity contribution in [1.29, 1.82) is 0 Å². The summed E-state index contributed by atoms with van der Waals surface area (Å²) >= 11 is 0. The molecule has 0 saturated heterocycles. The molecule has 0 aliphatic rings. The smallest absolute Gasteiger partial charge is 0.416 e. The highest BCUT2D eigenvalue weighted by Gasteiger charge is 2.30. The Balaban J connectivity index is 1.76. The van der Waals surface area contributed by atoms with Gasteiger partial charge in [0.2, 0.25) is 0 Å². The number of nitrogens with zero attached hydrogens (tertiary/aromatic N) is 3. The standard InChI is InChI=1S/C24H20F3N3O2/c1-2-32-23(31)19(14-16-6-4-3-5-7-16)21-12-13-28-22-20(15-29-30(21)22)17-8-10-18(11-9-17)24(25,26)27/h3-13,15,19H,2,14H2,1H3. The summed E-state index contributed by atoms with van der Waals surface area (Å²) in [5.74, 6) is -1.00. The minimum Gasteiger partial charge on any atom is -0.465 e. The van der Waals surface area contributed by atoms with Gasteiger partial charge in [-0.25, -0.2) is 9.50 Å². The Morgan fingerprint density at radius 3 is 2.44 bits per heavy atom. The van der Waals surface area contributed by atoms with Crippen molar-refractivity contribution < 1.29 is 22.7 Å². The van der Waals surface area contributed by atoms with E-state index in [2.05, 4.69) is 10.1 Å². The molecule has 164 valence electrons. The van der Waals surface area contributed by atoms with E-state index in [0.29, 0.717) is 28.9 Å². The van der Waals surface area contributed by atoms with Crippen molar-refractivity contribution in [3.05, 3.63) is 89.9 Å². The first-order valence-corrected chi connectivity index (χ1v) is 10.1. The number of benzene rings is 2. The lowest BCUT2D eigenvalue weighted by Gasteiger charge is -2.17. The number of fused-ring (bicyclic) bond motifs is 1. The molecule has 1 atom stereocenters. The molecule has 0 fully saturated rings. The van der Waals surface area contributed by atoms with Gasteiger partial charge in [0.15, 0.2) is 5.65 Å². The summed E-state index contributed by atoms with van der Waals surface area (Å²) in [6.45, 7) is 1.99. The van der Waals surface area contributed by atoms with Gasteiger partial charge in [0.25, 0.3) is 0 Å². The first kappa shape index (κ1) is 21.5. The van der Waals surface area contributed by atoms with Crippen LogP contribution in [0.25, 0.3) is 16.8 Å². The molecule has 32 heavy (non-hydrogen) atoms. The fourth-order valence-electron chi connectivity index (χ4n) is 3.62. The van der Waals surface area contributed by atoms with Crippen LogP contribution in [0.3, 0.4) is 0 Å². The van der Waals surface area contributed by atoms with Gasteiger partial charge in [0.05, 0.1) is 24.1 Å². The molecule has 0 spiro atoms. The van der Waals surface area contributed by atoms with Crippen LogP contribution >= 0.6 is 0 Å². The van der Waals surface area contributed by atoms with Crippen LogP contribution in [0.5, 0.6) is 0 Å². The van der Waals surface area contributed by atoms with Crippen molar-refractivity contribution in [2.24, 2.45) is 0 Å². The number of carbonyl (C=O) groups excluding carboxylic acids is 1. The lowest BCUT2D eigenvalue weighted by Crippen LogP contribution is -2.21. The van der Waals surface area contributed by atoms with Gasteiger partial charge in [0, 0.05) is 11.8 Å². The first-order valence-electron chi connectivity index (χ1n) is 10.1. The number of halogens is 3. The average molecular weight is 439 g/mol. The largest absolute Gasteiger partial charge is 0.465 e. The maximum Gasteiger partial charge on any atom is 0.416 e. The second kappa shape index (κ2) is 8.82. The van der Waals surface area contributed by atoms with Crippen LogP contribution in [0.1, 0.15) is 29.7 Å². The number of esters is 1. The van der Waals surface area contributed by atoms with Gasteiger partial charge in [0.1, 0.15) is 5.92 Å². The molecule has 2 aromatic carbocycles. The maximum absolute atomic E-state index is 12.9. The summed E-state index contributed by atoms with van der Waals surface area (Å²) in [5, 5.41) is 4.40. The predicted molar refractivity (Wildman–Crippen MR) is 113 cm³/mol. The number of alkyl halides is 3. The molecule has 0 bridgehead atoms. The lowest BCUT2D eigenvalue weighted by atomic mass is 9.96. The molecule has 0 radical (unpaired) electrons. The average Bonchev–Trinajstić information content (AvgIpc) is 3.22. The predicted octanol–water partition coefficient (Wildman–Crippen LogP) is 5.30. The summed E-state index contributed by atoms with van der Waals surface area (Å²) in [6, 6.07) is 16.1. The summed E-state index contributed by atoms with van der Waals surface area (Å²) in [7, 11) is 0. The van der Waals surface area contributed by atoms with E-state index in [1.165, 1.54) is 12.1 Å². The number of carbonyl (C=O) groups is 1. The second-order valence-electron chi connectivity index (χ2n) is 7.23. The molecule has 2 heterocycles. The monoisotopic (exact) mass is 439 g/mol. The van der Waals surface area contributed by atoms with Gasteiger partial charge in [-0.1, -0.05) is 42.5 Å². The molecule has 0 N–H and O–H groups in total. The molecule has 2 aromatic heterocycles. The lowest BCUT2D eigenvalue weighted by molar-refractivity contribution is -0.145. The molecule has 4 rings (SSSR count). The summed E-state index contributed by atoms with van der Waals surface area (Å²) < 4.78 is 45.6. The third-order valence-corrected chi connectivity index (χ3v) is 5.16. The van der Waals surface area contributed by atoms with E-state index < -0.39 is 17.7 Å². The van der Waals surface area contributed by atoms with Gasteiger partial charge in [-0.05, 0) is 42.7 Å². The van der Waals surface area contributed by atoms with Gasteiger partial charge in [-0.2, -0.15) is 18.3 Å². The molecule has 5 nitrogen and oxygen atoms in total. The van der Waals surface area contributed by atoms with Crippen molar-refractivity contribution in [3.63, 3.8) is 0 Å². The summed E-state index contributed by atoms with van der Waals surface area (Å²) in [5.41, 5.74) is 2.40. The highest BCUT2D eigenvalue weighted by molar-refractivity contribution is 5.80. The van der Waals surface area contributed by atoms with Crippen LogP contribution in [-0.4, -0.2) is 27.2 Å². The van der Waals surface area contributed by atoms with Gasteiger partial charge in [-0.15, -0.1) is 0 Å². The van der Waals surface area contributed by atoms with Crippen molar-refractivity contribution in [1.82, 2.24) is 14.6 Å². The zero-order chi connectivity index (χ0) is 22.7. The third-order valence-electron chi connectivity index (χ3n) is 5.16. The quantitative estimate of drug-likeness (QED) is 0.383. The second-order valence-corrected chi connectivity index (χ2v) is 7.23. The normalized spacial score (nSPS) is 12.6. The van der Waals surface area contributed by atoms with Crippen LogP contribution < -0.4 is 0 Å². The summed E-state index contributed by atoms with van der Waals surface area (Å²) in [4.78, 5) is 17.2. The molecule has 0 saturated carbocycles. The van der Waals surface area contributed by atoms with Crippen LogP contribution in [0.15, 0.2) is 73.1 Å². The van der Waals surface area contributed by atoms with Gasteiger partial charge >= 0.3 is 12.1 Å². The van der Waals surface area contributed by atoms with E-state index in [9.17, 15) is 18.0 Å².